The van der Waals surface area contributed by atoms with Gasteiger partial charge in [0.25, 0.3) is 0 Å². The van der Waals surface area contributed by atoms with Gasteiger partial charge in [-0.3, -0.25) is 4.79 Å². The molecule has 5 nitrogen and oxygen atoms in total. The standard InChI is InChI=1S/C14H20N2O3S/c1-20(18,19)13(9-11-5-3-2-4-6-11)14(17)16-8-7-12(15)10-16/h2-6,12-13H,7-10,15H2,1H3. The smallest absolute Gasteiger partial charge is 0.241 e. The van der Waals surface area contributed by atoms with E-state index in [9.17, 15) is 13.2 Å². The highest BCUT2D eigenvalue weighted by molar-refractivity contribution is 7.92. The lowest BCUT2D eigenvalue weighted by atomic mass is 10.1. The fourth-order valence-corrected chi connectivity index (χ4v) is 3.45. The summed E-state index contributed by atoms with van der Waals surface area (Å²) >= 11 is 0. The van der Waals surface area contributed by atoms with E-state index in [1.165, 1.54) is 0 Å². The van der Waals surface area contributed by atoms with Gasteiger partial charge in [-0.1, -0.05) is 30.3 Å². The average Bonchev–Trinajstić information content (AvgIpc) is 2.82. The van der Waals surface area contributed by atoms with Gasteiger partial charge in [-0.15, -0.1) is 0 Å². The molecule has 0 aliphatic carbocycles. The lowest BCUT2D eigenvalue weighted by Crippen LogP contribution is -2.43. The number of nitrogens with two attached hydrogens (primary N) is 1. The minimum absolute atomic E-state index is 0.0455. The van der Waals surface area contributed by atoms with Crippen LogP contribution in [-0.2, 0) is 21.1 Å². The van der Waals surface area contributed by atoms with E-state index in [4.69, 9.17) is 5.73 Å². The first-order valence-electron chi connectivity index (χ1n) is 6.65. The Balaban J connectivity index is 2.18. The van der Waals surface area contributed by atoms with Crippen molar-refractivity contribution in [2.24, 2.45) is 5.73 Å². The Morgan fingerprint density at radius 3 is 2.55 bits per heavy atom. The molecule has 1 aromatic carbocycles. The van der Waals surface area contributed by atoms with Gasteiger partial charge in [0.15, 0.2) is 9.84 Å². The molecule has 1 heterocycles. The Bertz CT molecular complexity index is 571. The van der Waals surface area contributed by atoms with E-state index in [0.717, 1.165) is 18.2 Å². The summed E-state index contributed by atoms with van der Waals surface area (Å²) in [6, 6.07) is 9.16. The van der Waals surface area contributed by atoms with Crippen molar-refractivity contribution in [1.29, 1.82) is 0 Å². The maximum atomic E-state index is 12.4. The molecule has 0 radical (unpaired) electrons. The van der Waals surface area contributed by atoms with E-state index in [1.807, 2.05) is 30.3 Å². The summed E-state index contributed by atoms with van der Waals surface area (Å²) in [5.41, 5.74) is 6.63. The van der Waals surface area contributed by atoms with Crippen molar-refractivity contribution in [3.63, 3.8) is 0 Å². The second-order valence-corrected chi connectivity index (χ2v) is 7.57. The van der Waals surface area contributed by atoms with Crippen LogP contribution in [0.25, 0.3) is 0 Å². The first-order valence-corrected chi connectivity index (χ1v) is 8.60. The number of likely N-dealkylation sites (tertiary alicyclic amines) is 1. The van der Waals surface area contributed by atoms with Crippen molar-refractivity contribution >= 4 is 15.7 Å². The normalized spacial score (nSPS) is 20.9. The quantitative estimate of drug-likeness (QED) is 0.861. The minimum Gasteiger partial charge on any atom is -0.340 e. The molecule has 1 amide bonds. The zero-order valence-electron chi connectivity index (χ0n) is 11.5. The van der Waals surface area contributed by atoms with Crippen molar-refractivity contribution < 1.29 is 13.2 Å². The third-order valence-electron chi connectivity index (χ3n) is 3.59. The van der Waals surface area contributed by atoms with Crippen LogP contribution in [0.4, 0.5) is 0 Å². The van der Waals surface area contributed by atoms with E-state index in [1.54, 1.807) is 4.90 Å². The van der Waals surface area contributed by atoms with E-state index < -0.39 is 15.1 Å². The fourth-order valence-electron chi connectivity index (χ4n) is 2.44. The van der Waals surface area contributed by atoms with Gasteiger partial charge < -0.3 is 10.6 Å². The summed E-state index contributed by atoms with van der Waals surface area (Å²) in [5, 5.41) is -1.02. The zero-order chi connectivity index (χ0) is 14.8. The Hall–Kier alpha value is -1.40. The van der Waals surface area contributed by atoms with Crippen molar-refractivity contribution in [1.82, 2.24) is 4.90 Å². The van der Waals surface area contributed by atoms with E-state index >= 15 is 0 Å². The maximum Gasteiger partial charge on any atom is 0.241 e. The number of carbonyl (C=O) groups excluding carboxylic acids is 1. The highest BCUT2D eigenvalue weighted by Gasteiger charge is 2.35. The Kier molecular flexibility index (Phi) is 4.45. The molecule has 6 heteroatoms. The van der Waals surface area contributed by atoms with Crippen molar-refractivity contribution in [2.45, 2.75) is 24.1 Å². The van der Waals surface area contributed by atoms with E-state index in [2.05, 4.69) is 0 Å². The molecule has 0 bridgehead atoms. The number of hydrogen-bond donors (Lipinski definition) is 1. The molecule has 1 fully saturated rings. The summed E-state index contributed by atoms with van der Waals surface area (Å²) < 4.78 is 23.9. The van der Waals surface area contributed by atoms with Crippen LogP contribution >= 0.6 is 0 Å². The van der Waals surface area contributed by atoms with Crippen LogP contribution < -0.4 is 5.73 Å². The monoisotopic (exact) mass is 296 g/mol. The molecule has 1 aromatic rings. The molecule has 110 valence electrons. The number of hydrogen-bond acceptors (Lipinski definition) is 4. The molecule has 1 aliphatic rings. The van der Waals surface area contributed by atoms with Crippen molar-refractivity contribution in [2.75, 3.05) is 19.3 Å². The van der Waals surface area contributed by atoms with Gasteiger partial charge in [0, 0.05) is 25.4 Å². The predicted molar refractivity (Wildman–Crippen MR) is 78.0 cm³/mol. The largest absolute Gasteiger partial charge is 0.340 e. The van der Waals surface area contributed by atoms with Crippen molar-refractivity contribution in [3.05, 3.63) is 35.9 Å². The number of rotatable bonds is 4. The molecule has 2 rings (SSSR count). The van der Waals surface area contributed by atoms with Gasteiger partial charge in [-0.25, -0.2) is 8.42 Å². The molecular weight excluding hydrogens is 276 g/mol. The number of sulfone groups is 1. The van der Waals surface area contributed by atoms with Crippen LogP contribution in [0.3, 0.4) is 0 Å². The molecule has 0 spiro atoms. The third kappa shape index (κ3) is 3.58. The Morgan fingerprint density at radius 2 is 2.05 bits per heavy atom. The molecule has 20 heavy (non-hydrogen) atoms. The third-order valence-corrected chi connectivity index (χ3v) is 4.99. The first kappa shape index (κ1) is 15.0. The lowest BCUT2D eigenvalue weighted by molar-refractivity contribution is -0.129. The van der Waals surface area contributed by atoms with Crippen LogP contribution in [-0.4, -0.2) is 49.9 Å². The maximum absolute atomic E-state index is 12.4. The zero-order valence-corrected chi connectivity index (χ0v) is 12.3. The number of carbonyl (C=O) groups is 1. The minimum atomic E-state index is -3.45. The SMILES string of the molecule is CS(=O)(=O)C(Cc1ccccc1)C(=O)N1CCC(N)C1. The molecule has 1 saturated heterocycles. The highest BCUT2D eigenvalue weighted by Crippen LogP contribution is 2.16. The van der Waals surface area contributed by atoms with Crippen molar-refractivity contribution in [3.8, 4) is 0 Å². The van der Waals surface area contributed by atoms with Gasteiger partial charge in [0.1, 0.15) is 5.25 Å². The topological polar surface area (TPSA) is 80.5 Å². The van der Waals surface area contributed by atoms with Crippen LogP contribution in [0.15, 0.2) is 30.3 Å². The molecule has 0 aromatic heterocycles. The lowest BCUT2D eigenvalue weighted by Gasteiger charge is -2.22. The average molecular weight is 296 g/mol. The van der Waals surface area contributed by atoms with Crippen LogP contribution in [0.5, 0.6) is 0 Å². The second kappa shape index (κ2) is 5.93. The molecule has 2 atom stereocenters. The second-order valence-electron chi connectivity index (χ2n) is 5.34. The molecule has 2 unspecified atom stereocenters. The summed E-state index contributed by atoms with van der Waals surface area (Å²) in [6.07, 6.45) is 2.06. The first-order chi connectivity index (χ1) is 9.38. The molecule has 2 N–H and O–H groups in total. The summed E-state index contributed by atoms with van der Waals surface area (Å²) in [6.45, 7) is 0.987. The van der Waals surface area contributed by atoms with E-state index in [-0.39, 0.29) is 18.4 Å². The van der Waals surface area contributed by atoms with Gasteiger partial charge >= 0.3 is 0 Å². The number of benzene rings is 1. The van der Waals surface area contributed by atoms with Crippen LogP contribution in [0, 0.1) is 0 Å². The highest BCUT2D eigenvalue weighted by atomic mass is 32.2. The molecule has 1 aliphatic heterocycles. The summed E-state index contributed by atoms with van der Waals surface area (Å²) in [5.74, 6) is -0.329. The van der Waals surface area contributed by atoms with Gasteiger partial charge in [-0.05, 0) is 18.4 Å². The van der Waals surface area contributed by atoms with Gasteiger partial charge in [-0.2, -0.15) is 0 Å². The Labute approximate surface area is 119 Å². The summed E-state index contributed by atoms with van der Waals surface area (Å²) in [7, 11) is -3.45. The number of nitrogens with zero attached hydrogens (tertiary/aromatic N) is 1. The fraction of sp³-hybridized carbons (Fsp3) is 0.500. The van der Waals surface area contributed by atoms with Crippen LogP contribution in [0.2, 0.25) is 0 Å². The Morgan fingerprint density at radius 1 is 1.40 bits per heavy atom. The predicted octanol–water partition coefficient (Wildman–Crippen LogP) is 0.202. The summed E-state index contributed by atoms with van der Waals surface area (Å²) in [4.78, 5) is 14.0. The van der Waals surface area contributed by atoms with Crippen LogP contribution in [0.1, 0.15) is 12.0 Å². The molecule has 0 saturated carbocycles. The van der Waals surface area contributed by atoms with Gasteiger partial charge in [0.05, 0.1) is 0 Å². The van der Waals surface area contributed by atoms with Gasteiger partial charge in [0.2, 0.25) is 5.91 Å². The number of amides is 1. The molecular formula is C14H20N2O3S. The van der Waals surface area contributed by atoms with E-state index in [0.29, 0.717) is 13.1 Å².